The Balaban J connectivity index is 1.80. The van der Waals surface area contributed by atoms with Crippen LogP contribution >= 0.6 is 0 Å². The topological polar surface area (TPSA) is 45.2 Å². The van der Waals surface area contributed by atoms with E-state index < -0.39 is 0 Å². The summed E-state index contributed by atoms with van der Waals surface area (Å²) >= 11 is 0. The van der Waals surface area contributed by atoms with Gasteiger partial charge in [0.25, 0.3) is 0 Å². The lowest BCUT2D eigenvalue weighted by Crippen LogP contribution is -2.37. The lowest BCUT2D eigenvalue weighted by molar-refractivity contribution is -0.130. The maximum absolute atomic E-state index is 12.2. The second-order valence-corrected chi connectivity index (χ2v) is 4.85. The summed E-state index contributed by atoms with van der Waals surface area (Å²) in [7, 11) is 0. The van der Waals surface area contributed by atoms with E-state index in [1.807, 2.05) is 54.3 Å². The van der Waals surface area contributed by atoms with Crippen molar-refractivity contribution >= 4 is 5.91 Å². The number of carbonyl (C=O) groups is 1. The van der Waals surface area contributed by atoms with Gasteiger partial charge in [-0.25, -0.2) is 0 Å². The Hall–Kier alpha value is -2.20. The van der Waals surface area contributed by atoms with Crippen LogP contribution in [-0.4, -0.2) is 28.9 Å². The number of likely N-dealkylation sites (N-methyl/N-ethyl adjacent to an activating group) is 1. The minimum atomic E-state index is 0.121. The van der Waals surface area contributed by atoms with E-state index in [0.29, 0.717) is 26.2 Å². The van der Waals surface area contributed by atoms with E-state index in [0.717, 1.165) is 11.1 Å². The molecule has 0 fully saturated rings. The minimum Gasteiger partial charge on any atom is -0.338 e. The molecule has 0 unspecified atom stereocenters. The van der Waals surface area contributed by atoms with Crippen molar-refractivity contribution in [3.05, 3.63) is 66.0 Å². The van der Waals surface area contributed by atoms with Gasteiger partial charge in [-0.05, 0) is 30.2 Å². The van der Waals surface area contributed by atoms with Crippen LogP contribution in [0.25, 0.3) is 0 Å². The number of amides is 1. The maximum Gasteiger partial charge on any atom is 0.236 e. The number of carbonyl (C=O) groups excluding carboxylic acids is 1. The second-order valence-electron chi connectivity index (χ2n) is 4.85. The highest BCUT2D eigenvalue weighted by atomic mass is 16.2. The first-order valence-electron chi connectivity index (χ1n) is 7.21. The zero-order chi connectivity index (χ0) is 14.9. The number of pyridine rings is 1. The van der Waals surface area contributed by atoms with Gasteiger partial charge >= 0.3 is 0 Å². The van der Waals surface area contributed by atoms with Crippen molar-refractivity contribution in [2.75, 3.05) is 13.1 Å². The highest BCUT2D eigenvalue weighted by molar-refractivity contribution is 5.78. The highest BCUT2D eigenvalue weighted by Gasteiger charge is 2.11. The molecule has 0 aliphatic rings. The third-order valence-electron chi connectivity index (χ3n) is 3.31. The average molecular weight is 283 g/mol. The van der Waals surface area contributed by atoms with E-state index in [2.05, 4.69) is 10.3 Å². The monoisotopic (exact) mass is 283 g/mol. The molecule has 4 nitrogen and oxygen atoms in total. The van der Waals surface area contributed by atoms with Crippen LogP contribution in [0.4, 0.5) is 0 Å². The number of hydrogen-bond acceptors (Lipinski definition) is 3. The molecular formula is C17H21N3O. The molecule has 0 aliphatic carbocycles. The zero-order valence-corrected chi connectivity index (χ0v) is 12.3. The molecule has 0 atom stereocenters. The molecule has 0 bridgehead atoms. The van der Waals surface area contributed by atoms with Gasteiger partial charge < -0.3 is 10.2 Å². The summed E-state index contributed by atoms with van der Waals surface area (Å²) in [5.41, 5.74) is 2.28. The smallest absolute Gasteiger partial charge is 0.236 e. The van der Waals surface area contributed by atoms with Gasteiger partial charge in [0.2, 0.25) is 5.91 Å². The van der Waals surface area contributed by atoms with Gasteiger partial charge in [0.05, 0.1) is 6.54 Å². The molecule has 1 amide bonds. The zero-order valence-electron chi connectivity index (χ0n) is 12.3. The summed E-state index contributed by atoms with van der Waals surface area (Å²) in [5, 5.41) is 3.18. The lowest BCUT2D eigenvalue weighted by Gasteiger charge is -2.21. The third kappa shape index (κ3) is 5.00. The van der Waals surface area contributed by atoms with Crippen molar-refractivity contribution < 1.29 is 4.79 Å². The van der Waals surface area contributed by atoms with E-state index in [1.54, 1.807) is 12.4 Å². The first-order valence-corrected chi connectivity index (χ1v) is 7.21. The Labute approximate surface area is 125 Å². The van der Waals surface area contributed by atoms with Crippen molar-refractivity contribution in [2.24, 2.45) is 0 Å². The van der Waals surface area contributed by atoms with Crippen LogP contribution in [0.5, 0.6) is 0 Å². The first kappa shape index (κ1) is 15.2. The quantitative estimate of drug-likeness (QED) is 0.847. The number of benzene rings is 1. The molecule has 0 saturated heterocycles. The van der Waals surface area contributed by atoms with Crippen LogP contribution in [-0.2, 0) is 17.9 Å². The Morgan fingerprint density at radius 1 is 1.10 bits per heavy atom. The van der Waals surface area contributed by atoms with E-state index in [4.69, 9.17) is 0 Å². The number of hydrogen-bond donors (Lipinski definition) is 1. The predicted octanol–water partition coefficient (Wildman–Crippen LogP) is 2.22. The fourth-order valence-corrected chi connectivity index (χ4v) is 2.11. The summed E-state index contributed by atoms with van der Waals surface area (Å²) in [6, 6.07) is 13.9. The molecule has 21 heavy (non-hydrogen) atoms. The molecule has 1 N–H and O–H groups in total. The fourth-order valence-electron chi connectivity index (χ4n) is 2.11. The molecule has 2 aromatic rings. The van der Waals surface area contributed by atoms with Gasteiger partial charge in [-0.2, -0.15) is 0 Å². The molecule has 1 heterocycles. The van der Waals surface area contributed by atoms with Crippen molar-refractivity contribution in [1.82, 2.24) is 15.2 Å². The number of aromatic nitrogens is 1. The number of nitrogens with one attached hydrogen (secondary N) is 1. The maximum atomic E-state index is 12.2. The Kier molecular flexibility index (Phi) is 5.91. The van der Waals surface area contributed by atoms with Crippen LogP contribution < -0.4 is 5.32 Å². The molecule has 1 aromatic carbocycles. The molecular weight excluding hydrogens is 262 g/mol. The standard InChI is InChI=1S/C17H21N3O/c1-2-20(14-16-6-4-3-5-7-16)17(21)13-19-12-15-8-10-18-11-9-15/h3-11,19H,2,12-14H2,1H3. The van der Waals surface area contributed by atoms with Crippen LogP contribution in [0.2, 0.25) is 0 Å². The van der Waals surface area contributed by atoms with E-state index in [9.17, 15) is 4.79 Å². The normalized spacial score (nSPS) is 10.3. The van der Waals surface area contributed by atoms with Gasteiger partial charge in [-0.15, -0.1) is 0 Å². The average Bonchev–Trinajstić information content (AvgIpc) is 2.54. The SMILES string of the molecule is CCN(Cc1ccccc1)C(=O)CNCc1ccncc1. The molecule has 0 aliphatic heterocycles. The summed E-state index contributed by atoms with van der Waals surface area (Å²) in [5.74, 6) is 0.121. The fraction of sp³-hybridized carbons (Fsp3) is 0.294. The lowest BCUT2D eigenvalue weighted by atomic mass is 10.2. The summed E-state index contributed by atoms with van der Waals surface area (Å²) in [4.78, 5) is 18.0. The van der Waals surface area contributed by atoms with E-state index in [1.165, 1.54) is 0 Å². The molecule has 0 spiro atoms. The molecule has 2 rings (SSSR count). The summed E-state index contributed by atoms with van der Waals surface area (Å²) < 4.78 is 0. The van der Waals surface area contributed by atoms with Crippen molar-refractivity contribution in [3.8, 4) is 0 Å². The van der Waals surface area contributed by atoms with Gasteiger partial charge in [0, 0.05) is 32.0 Å². The Morgan fingerprint density at radius 2 is 1.81 bits per heavy atom. The molecule has 0 radical (unpaired) electrons. The second kappa shape index (κ2) is 8.17. The van der Waals surface area contributed by atoms with Gasteiger partial charge in [-0.1, -0.05) is 30.3 Å². The van der Waals surface area contributed by atoms with Gasteiger partial charge in [0.15, 0.2) is 0 Å². The first-order chi connectivity index (χ1) is 10.3. The van der Waals surface area contributed by atoms with Crippen molar-refractivity contribution in [1.29, 1.82) is 0 Å². The highest BCUT2D eigenvalue weighted by Crippen LogP contribution is 2.04. The molecule has 1 aromatic heterocycles. The molecule has 110 valence electrons. The van der Waals surface area contributed by atoms with Crippen LogP contribution in [0, 0.1) is 0 Å². The number of nitrogens with zero attached hydrogens (tertiary/aromatic N) is 2. The largest absolute Gasteiger partial charge is 0.338 e. The Bertz CT molecular complexity index is 542. The Morgan fingerprint density at radius 3 is 2.48 bits per heavy atom. The van der Waals surface area contributed by atoms with Crippen molar-refractivity contribution in [2.45, 2.75) is 20.0 Å². The minimum absolute atomic E-state index is 0.121. The van der Waals surface area contributed by atoms with Crippen LogP contribution in [0.3, 0.4) is 0 Å². The summed E-state index contributed by atoms with van der Waals surface area (Å²) in [6.07, 6.45) is 3.51. The predicted molar refractivity (Wildman–Crippen MR) is 83.5 cm³/mol. The van der Waals surface area contributed by atoms with Crippen LogP contribution in [0.1, 0.15) is 18.1 Å². The number of rotatable bonds is 7. The summed E-state index contributed by atoms with van der Waals surface area (Å²) in [6.45, 7) is 4.40. The van der Waals surface area contributed by atoms with Crippen LogP contribution in [0.15, 0.2) is 54.9 Å². The third-order valence-corrected chi connectivity index (χ3v) is 3.31. The van der Waals surface area contributed by atoms with E-state index in [-0.39, 0.29) is 5.91 Å². The molecule has 0 saturated carbocycles. The van der Waals surface area contributed by atoms with Crippen molar-refractivity contribution in [3.63, 3.8) is 0 Å². The van der Waals surface area contributed by atoms with Gasteiger partial charge in [-0.3, -0.25) is 9.78 Å². The van der Waals surface area contributed by atoms with Gasteiger partial charge in [0.1, 0.15) is 0 Å². The van der Waals surface area contributed by atoms with E-state index >= 15 is 0 Å². The molecule has 4 heteroatoms.